The first-order chi connectivity index (χ1) is 13.5. The van der Waals surface area contributed by atoms with Crippen LogP contribution in [0.5, 0.6) is 5.75 Å². The molecule has 1 aliphatic heterocycles. The Bertz CT molecular complexity index is 790. The fourth-order valence-corrected chi connectivity index (χ4v) is 3.68. The summed E-state index contributed by atoms with van der Waals surface area (Å²) in [5.41, 5.74) is 1.86. The highest BCUT2D eigenvalue weighted by atomic mass is 19.1. The maximum Gasteiger partial charge on any atom is 0.244 e. The Labute approximate surface area is 166 Å². The maximum absolute atomic E-state index is 13.6. The smallest absolute Gasteiger partial charge is 0.244 e. The zero-order valence-corrected chi connectivity index (χ0v) is 16.8. The average molecular weight is 385 g/mol. The first-order valence-electron chi connectivity index (χ1n) is 9.54. The van der Waals surface area contributed by atoms with Gasteiger partial charge >= 0.3 is 0 Å². The van der Waals surface area contributed by atoms with Crippen LogP contribution < -0.4 is 4.74 Å². The highest BCUT2D eigenvalue weighted by Crippen LogP contribution is 2.26. The topological polar surface area (TPSA) is 36.0 Å². The molecule has 0 bridgehead atoms. The van der Waals surface area contributed by atoms with Crippen molar-refractivity contribution < 1.29 is 13.9 Å². The molecule has 6 heteroatoms. The van der Waals surface area contributed by atoms with Gasteiger partial charge in [0.2, 0.25) is 5.91 Å². The fraction of sp³-hybridized carbons (Fsp3) is 0.409. The molecule has 3 rings (SSSR count). The zero-order chi connectivity index (χ0) is 20.1. The lowest BCUT2D eigenvalue weighted by Crippen LogP contribution is -2.50. The van der Waals surface area contributed by atoms with E-state index in [-0.39, 0.29) is 17.8 Å². The normalized spacial score (nSPS) is 16.6. The highest BCUT2D eigenvalue weighted by Gasteiger charge is 2.31. The molecule has 150 valence electrons. The van der Waals surface area contributed by atoms with Gasteiger partial charge in [-0.05, 0) is 23.8 Å². The third-order valence-electron chi connectivity index (χ3n) is 5.20. The lowest BCUT2D eigenvalue weighted by Gasteiger charge is -2.39. The van der Waals surface area contributed by atoms with Crippen molar-refractivity contribution in [2.45, 2.75) is 12.6 Å². The highest BCUT2D eigenvalue weighted by molar-refractivity contribution is 5.82. The average Bonchev–Trinajstić information content (AvgIpc) is 2.70. The number of carbonyl (C=O) groups excluding carboxylic acids is 1. The number of piperazine rings is 1. The summed E-state index contributed by atoms with van der Waals surface area (Å²) in [6, 6.07) is 14.3. The van der Waals surface area contributed by atoms with Gasteiger partial charge in [0.1, 0.15) is 17.6 Å². The first-order valence-corrected chi connectivity index (χ1v) is 9.54. The van der Waals surface area contributed by atoms with Crippen LogP contribution in [0.1, 0.15) is 17.2 Å². The van der Waals surface area contributed by atoms with Gasteiger partial charge in [-0.2, -0.15) is 0 Å². The summed E-state index contributed by atoms with van der Waals surface area (Å²) < 4.78 is 19.0. The number of carbonyl (C=O) groups is 1. The summed E-state index contributed by atoms with van der Waals surface area (Å²) in [6.45, 7) is 3.80. The fourth-order valence-electron chi connectivity index (χ4n) is 3.68. The summed E-state index contributed by atoms with van der Waals surface area (Å²) in [5, 5.41) is 0. The molecular formula is C22H28FN3O2. The molecule has 2 aromatic carbocycles. The molecule has 28 heavy (non-hydrogen) atoms. The summed E-state index contributed by atoms with van der Waals surface area (Å²) in [7, 11) is 5.20. The summed E-state index contributed by atoms with van der Waals surface area (Å²) in [4.78, 5) is 19.0. The molecule has 1 saturated heterocycles. The second-order valence-corrected chi connectivity index (χ2v) is 7.31. The Hall–Kier alpha value is -2.44. The molecule has 0 N–H and O–H groups in total. The zero-order valence-electron chi connectivity index (χ0n) is 16.8. The third-order valence-corrected chi connectivity index (χ3v) is 5.20. The number of benzene rings is 2. The molecule has 1 fully saturated rings. The Morgan fingerprint density at radius 3 is 2.39 bits per heavy atom. The van der Waals surface area contributed by atoms with E-state index in [0.29, 0.717) is 12.3 Å². The van der Waals surface area contributed by atoms with Crippen LogP contribution in [-0.4, -0.2) is 68.0 Å². The third kappa shape index (κ3) is 4.69. The van der Waals surface area contributed by atoms with Crippen molar-refractivity contribution in [3.63, 3.8) is 0 Å². The second kappa shape index (κ2) is 9.17. The number of hydrogen-bond donors (Lipinski definition) is 0. The molecule has 0 spiro atoms. The van der Waals surface area contributed by atoms with E-state index in [1.54, 1.807) is 32.2 Å². The molecule has 0 radical (unpaired) electrons. The number of likely N-dealkylation sites (N-methyl/N-ethyl adjacent to an activating group) is 1. The Morgan fingerprint density at radius 2 is 1.79 bits per heavy atom. The first kappa shape index (κ1) is 20.3. The van der Waals surface area contributed by atoms with Gasteiger partial charge in [0.25, 0.3) is 0 Å². The number of methoxy groups -OCH3 is 1. The van der Waals surface area contributed by atoms with Gasteiger partial charge in [0, 0.05) is 52.4 Å². The van der Waals surface area contributed by atoms with Crippen LogP contribution in [0.3, 0.4) is 0 Å². The molecule has 0 unspecified atom stereocenters. The van der Waals surface area contributed by atoms with Crippen LogP contribution in [0, 0.1) is 5.82 Å². The van der Waals surface area contributed by atoms with Crippen LogP contribution in [0.25, 0.3) is 0 Å². The van der Waals surface area contributed by atoms with Gasteiger partial charge in [0.05, 0.1) is 7.11 Å². The Balaban J connectivity index is 1.69. The van der Waals surface area contributed by atoms with Crippen LogP contribution >= 0.6 is 0 Å². The number of hydrogen-bond acceptors (Lipinski definition) is 4. The molecule has 0 saturated carbocycles. The standard InChI is InChI=1S/C22H28FN3O2/c1-24(2)22(27)21(17-7-5-4-6-8-17)26-13-11-25(12-14-26)16-18-15-19(23)9-10-20(18)28-3/h4-10,15,21H,11-14,16H2,1-3H3/t21-/m1/s1. The molecule has 0 aliphatic carbocycles. The number of ether oxygens (including phenoxy) is 1. The second-order valence-electron chi connectivity index (χ2n) is 7.31. The number of nitrogens with zero attached hydrogens (tertiary/aromatic N) is 3. The number of rotatable bonds is 6. The van der Waals surface area contributed by atoms with E-state index in [4.69, 9.17) is 4.74 Å². The minimum atomic E-state index is -0.276. The molecule has 0 aromatic heterocycles. The SMILES string of the molecule is COc1ccc(F)cc1CN1CCN([C@@H](C(=O)N(C)C)c2ccccc2)CC1. The summed E-state index contributed by atoms with van der Waals surface area (Å²) in [6.07, 6.45) is 0. The van der Waals surface area contributed by atoms with Gasteiger partial charge in [-0.15, -0.1) is 0 Å². The molecule has 5 nitrogen and oxygen atoms in total. The van der Waals surface area contributed by atoms with Crippen molar-refractivity contribution in [3.05, 3.63) is 65.5 Å². The predicted molar refractivity (Wildman–Crippen MR) is 108 cm³/mol. The molecule has 1 aliphatic rings. The lowest BCUT2D eigenvalue weighted by molar-refractivity contribution is -0.135. The van der Waals surface area contributed by atoms with Crippen LogP contribution in [0.2, 0.25) is 0 Å². The van der Waals surface area contributed by atoms with E-state index < -0.39 is 0 Å². The van der Waals surface area contributed by atoms with Gasteiger partial charge in [-0.3, -0.25) is 14.6 Å². The Kier molecular flexibility index (Phi) is 6.65. The van der Waals surface area contributed by atoms with Crippen molar-refractivity contribution >= 4 is 5.91 Å². The number of amides is 1. The molecule has 1 atom stereocenters. The molecular weight excluding hydrogens is 357 g/mol. The van der Waals surface area contributed by atoms with E-state index in [9.17, 15) is 9.18 Å². The van der Waals surface area contributed by atoms with E-state index in [1.165, 1.54) is 12.1 Å². The molecule has 1 amide bonds. The number of halogens is 1. The minimum Gasteiger partial charge on any atom is -0.496 e. The van der Waals surface area contributed by atoms with E-state index in [1.807, 2.05) is 30.3 Å². The van der Waals surface area contributed by atoms with Crippen LogP contribution in [0.4, 0.5) is 4.39 Å². The van der Waals surface area contributed by atoms with Gasteiger partial charge in [-0.1, -0.05) is 30.3 Å². The van der Waals surface area contributed by atoms with Crippen molar-refractivity contribution in [2.24, 2.45) is 0 Å². The van der Waals surface area contributed by atoms with E-state index >= 15 is 0 Å². The van der Waals surface area contributed by atoms with Gasteiger partial charge in [-0.25, -0.2) is 4.39 Å². The summed E-state index contributed by atoms with van der Waals surface area (Å²) in [5.74, 6) is 0.537. The van der Waals surface area contributed by atoms with Crippen LogP contribution in [-0.2, 0) is 11.3 Å². The van der Waals surface area contributed by atoms with Gasteiger partial charge in [0.15, 0.2) is 0 Å². The van der Waals surface area contributed by atoms with Crippen molar-refractivity contribution in [3.8, 4) is 5.75 Å². The predicted octanol–water partition coefficient (Wildman–Crippen LogP) is 2.78. The van der Waals surface area contributed by atoms with Crippen molar-refractivity contribution in [2.75, 3.05) is 47.4 Å². The minimum absolute atomic E-state index is 0.0893. The quantitative estimate of drug-likeness (QED) is 0.766. The summed E-state index contributed by atoms with van der Waals surface area (Å²) >= 11 is 0. The monoisotopic (exact) mass is 385 g/mol. The van der Waals surface area contributed by atoms with Crippen molar-refractivity contribution in [1.29, 1.82) is 0 Å². The molecule has 2 aromatic rings. The lowest BCUT2D eigenvalue weighted by atomic mass is 10.0. The Morgan fingerprint density at radius 1 is 1.11 bits per heavy atom. The molecule has 1 heterocycles. The van der Waals surface area contributed by atoms with E-state index in [2.05, 4.69) is 9.80 Å². The van der Waals surface area contributed by atoms with Crippen LogP contribution in [0.15, 0.2) is 48.5 Å². The maximum atomic E-state index is 13.6. The largest absolute Gasteiger partial charge is 0.496 e. The van der Waals surface area contributed by atoms with Gasteiger partial charge < -0.3 is 9.64 Å². The van der Waals surface area contributed by atoms with Crippen molar-refractivity contribution in [1.82, 2.24) is 14.7 Å². The van der Waals surface area contributed by atoms with E-state index in [0.717, 1.165) is 37.3 Å².